The molecule has 0 unspecified atom stereocenters. The summed E-state index contributed by atoms with van der Waals surface area (Å²) in [5.41, 5.74) is -0.0455. The highest BCUT2D eigenvalue weighted by Gasteiger charge is 2.23. The monoisotopic (exact) mass is 306 g/mol. The molecular weight excluding hydrogens is 294 g/mol. The Morgan fingerprint density at radius 2 is 1.94 bits per heavy atom. The van der Waals surface area contributed by atoms with Crippen molar-refractivity contribution in [3.05, 3.63) is 28.2 Å². The summed E-state index contributed by atoms with van der Waals surface area (Å²) in [6.07, 6.45) is 0. The van der Waals surface area contributed by atoms with Crippen LogP contribution in [0.25, 0.3) is 0 Å². The number of carbonyl (C=O) groups excluding carboxylic acids is 1. The van der Waals surface area contributed by atoms with Crippen LogP contribution in [0.1, 0.15) is 31.1 Å². The summed E-state index contributed by atoms with van der Waals surface area (Å²) >= 11 is 3.10. The first kappa shape index (κ1) is 14.1. The van der Waals surface area contributed by atoms with E-state index in [-0.39, 0.29) is 11.5 Å². The Labute approximate surface area is 107 Å². The third-order valence-corrected chi connectivity index (χ3v) is 2.71. The Bertz CT molecular complexity index is 425. The van der Waals surface area contributed by atoms with E-state index in [1.165, 1.54) is 18.2 Å². The van der Waals surface area contributed by atoms with Gasteiger partial charge in [-0.05, 0) is 34.1 Å². The number of hydrogen-bond donors (Lipinski definition) is 0. The number of hydrogen-bond acceptors (Lipinski definition) is 2. The lowest BCUT2D eigenvalue weighted by Gasteiger charge is -2.17. The van der Waals surface area contributed by atoms with Crippen molar-refractivity contribution in [1.82, 2.24) is 0 Å². The minimum Gasteiger partial charge on any atom is -0.434 e. The molecule has 1 rings (SSSR count). The van der Waals surface area contributed by atoms with Gasteiger partial charge in [-0.3, -0.25) is 4.79 Å². The summed E-state index contributed by atoms with van der Waals surface area (Å²) < 4.78 is 28.7. The van der Waals surface area contributed by atoms with Gasteiger partial charge in [0.1, 0.15) is 5.75 Å². The number of carbonyl (C=O) groups is 1. The second-order valence-electron chi connectivity index (χ2n) is 4.60. The van der Waals surface area contributed by atoms with Crippen LogP contribution in [0.3, 0.4) is 0 Å². The second-order valence-corrected chi connectivity index (χ2v) is 5.46. The fraction of sp³-hybridized carbons (Fsp3) is 0.417. The van der Waals surface area contributed by atoms with Crippen LogP contribution >= 0.6 is 15.9 Å². The molecule has 5 heteroatoms. The van der Waals surface area contributed by atoms with Gasteiger partial charge < -0.3 is 4.74 Å². The molecule has 0 radical (unpaired) electrons. The minimum absolute atomic E-state index is 0.0189. The first-order valence-corrected chi connectivity index (χ1v) is 5.80. The maximum Gasteiger partial charge on any atom is 0.387 e. The molecule has 0 aliphatic heterocycles. The summed E-state index contributed by atoms with van der Waals surface area (Å²) in [6, 6.07) is 4.33. The standard InChI is InChI=1S/C12H13BrF2O2/c1-12(2,3)10(16)7-4-5-9(8(13)6-7)17-11(14)15/h4-6,11H,1-3H3. The fourth-order valence-corrected chi connectivity index (χ4v) is 1.74. The molecule has 0 heterocycles. The molecule has 1 aromatic carbocycles. The highest BCUT2D eigenvalue weighted by Crippen LogP contribution is 2.30. The Morgan fingerprint density at radius 3 is 2.35 bits per heavy atom. The molecule has 0 fully saturated rings. The zero-order valence-corrected chi connectivity index (χ0v) is 11.3. The highest BCUT2D eigenvalue weighted by atomic mass is 79.9. The van der Waals surface area contributed by atoms with Crippen molar-refractivity contribution >= 4 is 21.7 Å². The average Bonchev–Trinajstić information content (AvgIpc) is 2.18. The first-order valence-electron chi connectivity index (χ1n) is 5.01. The van der Waals surface area contributed by atoms with E-state index in [0.717, 1.165) is 0 Å². The fourth-order valence-electron chi connectivity index (χ4n) is 1.27. The molecule has 0 saturated heterocycles. The molecule has 0 N–H and O–H groups in total. The topological polar surface area (TPSA) is 26.3 Å². The van der Waals surface area contributed by atoms with E-state index in [2.05, 4.69) is 20.7 Å². The zero-order valence-electron chi connectivity index (χ0n) is 9.76. The smallest absolute Gasteiger partial charge is 0.387 e. The zero-order chi connectivity index (χ0) is 13.2. The van der Waals surface area contributed by atoms with E-state index < -0.39 is 12.0 Å². The van der Waals surface area contributed by atoms with Gasteiger partial charge in [0, 0.05) is 11.0 Å². The Balaban J connectivity index is 3.01. The highest BCUT2D eigenvalue weighted by molar-refractivity contribution is 9.10. The van der Waals surface area contributed by atoms with Crippen LogP contribution in [0, 0.1) is 5.41 Å². The van der Waals surface area contributed by atoms with Crippen molar-refractivity contribution in [3.63, 3.8) is 0 Å². The molecule has 0 saturated carbocycles. The summed E-state index contributed by atoms with van der Waals surface area (Å²) in [4.78, 5) is 11.9. The summed E-state index contributed by atoms with van der Waals surface area (Å²) in [5, 5.41) is 0. The van der Waals surface area contributed by atoms with E-state index in [0.29, 0.717) is 10.0 Å². The molecule has 17 heavy (non-hydrogen) atoms. The SMILES string of the molecule is CC(C)(C)C(=O)c1ccc(OC(F)F)c(Br)c1. The molecule has 0 bridgehead atoms. The lowest BCUT2D eigenvalue weighted by Crippen LogP contribution is -2.20. The van der Waals surface area contributed by atoms with Gasteiger partial charge in [0.2, 0.25) is 0 Å². The van der Waals surface area contributed by atoms with Gasteiger partial charge in [-0.25, -0.2) is 0 Å². The Kier molecular flexibility index (Phi) is 4.25. The average molecular weight is 307 g/mol. The molecule has 0 spiro atoms. The normalized spacial score (nSPS) is 11.7. The van der Waals surface area contributed by atoms with Gasteiger partial charge in [-0.15, -0.1) is 0 Å². The molecule has 1 aromatic rings. The lowest BCUT2D eigenvalue weighted by atomic mass is 9.86. The number of ether oxygens (including phenoxy) is 1. The second kappa shape index (κ2) is 5.12. The Morgan fingerprint density at radius 1 is 1.35 bits per heavy atom. The molecule has 0 aromatic heterocycles. The van der Waals surface area contributed by atoms with Gasteiger partial charge in [-0.2, -0.15) is 8.78 Å². The third kappa shape index (κ3) is 3.77. The van der Waals surface area contributed by atoms with Crippen molar-refractivity contribution in [2.75, 3.05) is 0 Å². The van der Waals surface area contributed by atoms with Crippen LogP contribution in [0.5, 0.6) is 5.75 Å². The summed E-state index contributed by atoms with van der Waals surface area (Å²) in [6.45, 7) is 2.52. The van der Waals surface area contributed by atoms with Crippen molar-refractivity contribution in [3.8, 4) is 5.75 Å². The van der Waals surface area contributed by atoms with Gasteiger partial charge in [-0.1, -0.05) is 20.8 Å². The lowest BCUT2D eigenvalue weighted by molar-refractivity contribution is -0.0503. The van der Waals surface area contributed by atoms with E-state index in [1.807, 2.05) is 0 Å². The number of benzene rings is 1. The molecule has 0 amide bonds. The number of halogens is 3. The number of rotatable bonds is 3. The number of ketones is 1. The molecule has 94 valence electrons. The van der Waals surface area contributed by atoms with E-state index in [1.54, 1.807) is 20.8 Å². The molecule has 2 nitrogen and oxygen atoms in total. The van der Waals surface area contributed by atoms with Crippen LogP contribution in [-0.4, -0.2) is 12.4 Å². The molecular formula is C12H13BrF2O2. The quantitative estimate of drug-likeness (QED) is 0.779. The van der Waals surface area contributed by atoms with Crippen LogP contribution in [-0.2, 0) is 0 Å². The van der Waals surface area contributed by atoms with Crippen LogP contribution < -0.4 is 4.74 Å². The first-order chi connectivity index (χ1) is 7.71. The van der Waals surface area contributed by atoms with Gasteiger partial charge in [0.25, 0.3) is 0 Å². The van der Waals surface area contributed by atoms with Gasteiger partial charge in [0.15, 0.2) is 5.78 Å². The van der Waals surface area contributed by atoms with Gasteiger partial charge >= 0.3 is 6.61 Å². The summed E-state index contributed by atoms with van der Waals surface area (Å²) in [5.74, 6) is -0.0349. The minimum atomic E-state index is -2.88. The van der Waals surface area contributed by atoms with Crippen molar-refractivity contribution in [1.29, 1.82) is 0 Å². The largest absolute Gasteiger partial charge is 0.434 e. The van der Waals surface area contributed by atoms with Crippen LogP contribution in [0.4, 0.5) is 8.78 Å². The summed E-state index contributed by atoms with van der Waals surface area (Å²) in [7, 11) is 0. The molecule has 0 atom stereocenters. The van der Waals surface area contributed by atoms with E-state index in [4.69, 9.17) is 0 Å². The molecule has 0 aliphatic carbocycles. The van der Waals surface area contributed by atoms with Crippen LogP contribution in [0.15, 0.2) is 22.7 Å². The molecule has 0 aliphatic rings. The van der Waals surface area contributed by atoms with Crippen LogP contribution in [0.2, 0.25) is 0 Å². The number of Topliss-reactive ketones (excluding diaryl/α,β-unsaturated/α-hetero) is 1. The predicted molar refractivity (Wildman–Crippen MR) is 64.6 cm³/mol. The van der Waals surface area contributed by atoms with Crippen molar-refractivity contribution < 1.29 is 18.3 Å². The van der Waals surface area contributed by atoms with E-state index >= 15 is 0 Å². The Hall–Kier alpha value is -0.970. The van der Waals surface area contributed by atoms with Crippen molar-refractivity contribution in [2.24, 2.45) is 5.41 Å². The predicted octanol–water partition coefficient (Wildman–Crippen LogP) is 4.28. The van der Waals surface area contributed by atoms with E-state index in [9.17, 15) is 13.6 Å². The van der Waals surface area contributed by atoms with Crippen molar-refractivity contribution in [2.45, 2.75) is 27.4 Å². The third-order valence-electron chi connectivity index (χ3n) is 2.09. The maximum atomic E-state index is 12.0. The number of alkyl halides is 2. The maximum absolute atomic E-state index is 12.0. The van der Waals surface area contributed by atoms with Gasteiger partial charge in [0.05, 0.1) is 4.47 Å².